The molecule has 110 heavy (non-hydrogen) atoms. The van der Waals surface area contributed by atoms with Crippen LogP contribution in [-0.4, -0.2) is 96.7 Å². The third-order valence-corrected chi connectivity index (χ3v) is 23.4. The summed E-state index contributed by atoms with van der Waals surface area (Å²) in [4.78, 5) is 73.5. The van der Waals surface area contributed by atoms with Crippen molar-refractivity contribution in [3.63, 3.8) is 0 Å². The van der Waals surface area contributed by atoms with Crippen molar-refractivity contribution in [3.05, 3.63) is 0 Å². The van der Waals surface area contributed by atoms with Gasteiger partial charge in [0.1, 0.15) is 19.3 Å². The Kier molecular flexibility index (Phi) is 82.1. The fraction of sp³-hybridized carbons (Fsp3) is 0.956. The molecule has 0 aromatic rings. The van der Waals surface area contributed by atoms with Crippen LogP contribution in [-0.2, 0) is 65.4 Å². The SMILES string of the molecule is CCCCCCCCCCCCCCCCCCCCCC(=O)OC[C@H](COP(=O)(O)OC[C@@H](O)COP(=O)(O)OC[C@@H](COC(=O)CCCCCCCCCCCCCCC)OC(=O)CCCCCCCCCCCCCCCCCCCCC)OC(=O)CCCCCCCCCCCCCCCCCCC(C)C. The second-order valence-electron chi connectivity index (χ2n) is 33.2. The minimum atomic E-state index is -4.97. The summed E-state index contributed by atoms with van der Waals surface area (Å²) in [5.74, 6) is -1.28. The van der Waals surface area contributed by atoms with Gasteiger partial charge in [0.2, 0.25) is 0 Å². The molecule has 5 atom stereocenters. The van der Waals surface area contributed by atoms with Crippen LogP contribution >= 0.6 is 15.6 Å². The summed E-state index contributed by atoms with van der Waals surface area (Å²) in [5, 5.41) is 10.7. The first kappa shape index (κ1) is 108. The Balaban J connectivity index is 5.26. The molecule has 0 radical (unpaired) electrons. The maximum absolute atomic E-state index is 13.2. The van der Waals surface area contributed by atoms with Gasteiger partial charge in [-0.3, -0.25) is 37.3 Å². The highest BCUT2D eigenvalue weighted by atomic mass is 31.2. The maximum Gasteiger partial charge on any atom is 0.472 e. The third kappa shape index (κ3) is 84.0. The molecule has 0 rings (SSSR count). The van der Waals surface area contributed by atoms with Gasteiger partial charge in [0.15, 0.2) is 12.2 Å². The van der Waals surface area contributed by atoms with Crippen molar-refractivity contribution in [1.82, 2.24) is 0 Å². The van der Waals surface area contributed by atoms with Crippen molar-refractivity contribution in [1.29, 1.82) is 0 Å². The smallest absolute Gasteiger partial charge is 0.462 e. The normalized spacial score (nSPS) is 13.7. The number of carbonyl (C=O) groups is 4. The van der Waals surface area contributed by atoms with Crippen molar-refractivity contribution in [3.8, 4) is 0 Å². The second-order valence-corrected chi connectivity index (χ2v) is 36.1. The van der Waals surface area contributed by atoms with Gasteiger partial charge >= 0.3 is 39.5 Å². The summed E-state index contributed by atoms with van der Waals surface area (Å²) < 4.78 is 69.1. The summed E-state index contributed by atoms with van der Waals surface area (Å²) in [6.45, 7) is 7.44. The molecule has 0 saturated carbocycles. The minimum absolute atomic E-state index is 0.109. The number of phosphoric ester groups is 2. The predicted molar refractivity (Wildman–Crippen MR) is 455 cm³/mol. The molecule has 3 N–H and O–H groups in total. The minimum Gasteiger partial charge on any atom is -0.462 e. The molecule has 0 aliphatic rings. The van der Waals surface area contributed by atoms with E-state index in [0.29, 0.717) is 25.7 Å². The number of aliphatic hydroxyl groups is 1. The Hall–Kier alpha value is -1.94. The highest BCUT2D eigenvalue weighted by Crippen LogP contribution is 2.45. The number of hydrogen-bond acceptors (Lipinski definition) is 15. The first-order valence-electron chi connectivity index (χ1n) is 47.1. The van der Waals surface area contributed by atoms with Gasteiger partial charge in [0.05, 0.1) is 26.4 Å². The molecule has 0 heterocycles. The average Bonchev–Trinajstić information content (AvgIpc) is 0.896. The van der Waals surface area contributed by atoms with Crippen molar-refractivity contribution in [2.24, 2.45) is 5.92 Å². The molecule has 654 valence electrons. The van der Waals surface area contributed by atoms with Crippen LogP contribution in [0.2, 0.25) is 0 Å². The molecule has 0 aromatic carbocycles. The van der Waals surface area contributed by atoms with Gasteiger partial charge in [-0.05, 0) is 31.6 Å². The molecule has 2 unspecified atom stereocenters. The van der Waals surface area contributed by atoms with Crippen LogP contribution in [0.15, 0.2) is 0 Å². The van der Waals surface area contributed by atoms with Crippen molar-refractivity contribution < 1.29 is 80.2 Å². The van der Waals surface area contributed by atoms with E-state index in [4.69, 9.17) is 37.0 Å². The average molecular weight is 1610 g/mol. The summed E-state index contributed by atoms with van der Waals surface area (Å²) in [5.41, 5.74) is 0. The second kappa shape index (κ2) is 83.5. The number of phosphoric acid groups is 2. The molecule has 0 aliphatic carbocycles. The summed E-state index contributed by atoms with van der Waals surface area (Å²) in [7, 11) is -9.94. The first-order valence-corrected chi connectivity index (χ1v) is 50.1. The summed E-state index contributed by atoms with van der Waals surface area (Å²) in [6, 6.07) is 0. The fourth-order valence-electron chi connectivity index (χ4n) is 14.4. The third-order valence-electron chi connectivity index (χ3n) is 21.5. The van der Waals surface area contributed by atoms with Gasteiger partial charge in [0, 0.05) is 25.7 Å². The summed E-state index contributed by atoms with van der Waals surface area (Å²) in [6.07, 6.45) is 79.1. The van der Waals surface area contributed by atoms with Crippen LogP contribution in [0.4, 0.5) is 0 Å². The molecule has 0 spiro atoms. The molecular formula is C91H178O17P2. The number of unbranched alkanes of at least 4 members (excludes halogenated alkanes) is 63. The van der Waals surface area contributed by atoms with E-state index in [-0.39, 0.29) is 25.7 Å². The zero-order valence-corrected chi connectivity index (χ0v) is 74.2. The maximum atomic E-state index is 13.2. The highest BCUT2D eigenvalue weighted by Gasteiger charge is 2.31. The molecule has 0 saturated heterocycles. The standard InChI is InChI=1S/C91H178O17P2/c1-6-9-12-15-18-21-24-27-29-31-33-35-40-45-50-55-60-65-70-75-89(94)102-81-87(108-91(96)77-72-67-62-57-52-47-42-38-37-39-44-48-53-58-63-68-73-84(4)5)83-106-110(99,100)104-79-85(92)78-103-109(97,98)105-82-86(80-101-88(93)74-69-64-59-54-49-43-26-23-20-17-14-11-8-3)107-90(95)76-71-66-61-56-51-46-41-36-34-32-30-28-25-22-19-16-13-10-7-2/h84-87,92H,6-83H2,1-5H3,(H,97,98)(H,99,100)/t85-,86+,87+/m0/s1. The molecule has 0 bridgehead atoms. The van der Waals surface area contributed by atoms with Crippen LogP contribution < -0.4 is 0 Å². The first-order chi connectivity index (χ1) is 53.5. The fourth-order valence-corrected chi connectivity index (χ4v) is 15.9. The topological polar surface area (TPSA) is 237 Å². The number of hydrogen-bond donors (Lipinski definition) is 3. The molecule has 0 fully saturated rings. The lowest BCUT2D eigenvalue weighted by Gasteiger charge is -2.21. The van der Waals surface area contributed by atoms with Gasteiger partial charge in [-0.1, -0.05) is 446 Å². The van der Waals surface area contributed by atoms with Gasteiger partial charge in [0.25, 0.3) is 0 Å². The lowest BCUT2D eigenvalue weighted by molar-refractivity contribution is -0.161. The van der Waals surface area contributed by atoms with E-state index in [9.17, 15) is 43.2 Å². The van der Waals surface area contributed by atoms with Crippen LogP contribution in [0.5, 0.6) is 0 Å². The molecule has 17 nitrogen and oxygen atoms in total. The summed E-state index contributed by atoms with van der Waals surface area (Å²) >= 11 is 0. The van der Waals surface area contributed by atoms with E-state index >= 15 is 0 Å². The van der Waals surface area contributed by atoms with Gasteiger partial charge in [-0.2, -0.15) is 0 Å². The Morgan fingerprint density at radius 2 is 0.418 bits per heavy atom. The van der Waals surface area contributed by atoms with Crippen LogP contribution in [0.3, 0.4) is 0 Å². The van der Waals surface area contributed by atoms with Crippen molar-refractivity contribution in [2.75, 3.05) is 39.6 Å². The number of carbonyl (C=O) groups excluding carboxylic acids is 4. The lowest BCUT2D eigenvalue weighted by Crippen LogP contribution is -2.30. The molecule has 0 aromatic heterocycles. The Morgan fingerprint density at radius 1 is 0.245 bits per heavy atom. The molecule has 19 heteroatoms. The van der Waals surface area contributed by atoms with Crippen molar-refractivity contribution >= 4 is 39.5 Å². The van der Waals surface area contributed by atoms with E-state index in [0.717, 1.165) is 95.8 Å². The van der Waals surface area contributed by atoms with E-state index in [1.165, 1.54) is 321 Å². The van der Waals surface area contributed by atoms with Crippen molar-refractivity contribution in [2.45, 2.75) is 515 Å². The van der Waals surface area contributed by atoms with E-state index < -0.39 is 97.5 Å². The zero-order chi connectivity index (χ0) is 80.4. The van der Waals surface area contributed by atoms with Crippen LogP contribution in [0, 0.1) is 5.92 Å². The monoisotopic (exact) mass is 1610 g/mol. The predicted octanol–water partition coefficient (Wildman–Crippen LogP) is 28.3. The Bertz CT molecular complexity index is 2080. The van der Waals surface area contributed by atoms with Crippen LogP contribution in [0.25, 0.3) is 0 Å². The number of ether oxygens (including phenoxy) is 4. The number of esters is 4. The number of rotatable bonds is 91. The van der Waals surface area contributed by atoms with E-state index in [1.54, 1.807) is 0 Å². The Labute approximate surface area is 677 Å². The van der Waals surface area contributed by atoms with E-state index in [2.05, 4.69) is 34.6 Å². The molecule has 0 aliphatic heterocycles. The quantitative estimate of drug-likeness (QED) is 0.0222. The van der Waals surface area contributed by atoms with Gasteiger partial charge in [-0.15, -0.1) is 0 Å². The van der Waals surface area contributed by atoms with E-state index in [1.807, 2.05) is 0 Å². The molecular weight excluding hydrogens is 1430 g/mol. The lowest BCUT2D eigenvalue weighted by atomic mass is 10.0. The van der Waals surface area contributed by atoms with Gasteiger partial charge in [-0.25, -0.2) is 9.13 Å². The largest absolute Gasteiger partial charge is 0.472 e. The number of aliphatic hydroxyl groups excluding tert-OH is 1. The zero-order valence-electron chi connectivity index (χ0n) is 72.4. The molecule has 0 amide bonds. The Morgan fingerprint density at radius 3 is 0.618 bits per heavy atom. The highest BCUT2D eigenvalue weighted by molar-refractivity contribution is 7.47. The van der Waals surface area contributed by atoms with Gasteiger partial charge < -0.3 is 33.8 Å². The van der Waals surface area contributed by atoms with Crippen LogP contribution in [0.1, 0.15) is 497 Å².